The van der Waals surface area contributed by atoms with Gasteiger partial charge in [0.15, 0.2) is 0 Å². The van der Waals surface area contributed by atoms with Gasteiger partial charge < -0.3 is 0 Å². The fourth-order valence-corrected chi connectivity index (χ4v) is 1.63. The minimum absolute atomic E-state index is 2.25. The molecular weight excluding hydrogens is 276 g/mol. The first-order valence-corrected chi connectivity index (χ1v) is 5.42. The number of halogens is 4. The minimum atomic E-state index is -6.61. The normalized spacial score (nSPS) is 18.5. The van der Waals surface area contributed by atoms with Crippen molar-refractivity contribution < 1.29 is 47.7 Å². The maximum absolute atomic E-state index is 12.6. The van der Waals surface area contributed by atoms with E-state index in [1.54, 1.807) is 0 Å². The van der Waals surface area contributed by atoms with Gasteiger partial charge in [0.1, 0.15) is 0 Å². The van der Waals surface area contributed by atoms with Crippen LogP contribution in [0.5, 0.6) is 0 Å². The smallest absolute Gasteiger partial charge is 0.281 e. The molecule has 15 heavy (non-hydrogen) atoms. The number of hydrogen-bond donors (Lipinski definition) is 2. The summed E-state index contributed by atoms with van der Waals surface area (Å²) < 4.78 is 105. The summed E-state index contributed by atoms with van der Waals surface area (Å²) in [5.41, 5.74) is 0. The lowest BCUT2D eigenvalue weighted by molar-refractivity contribution is -0.262. The Labute approximate surface area is 80.3 Å². The molecule has 7 nitrogen and oxygen atoms in total. The van der Waals surface area contributed by atoms with Crippen LogP contribution in [0.3, 0.4) is 0 Å². The van der Waals surface area contributed by atoms with Crippen LogP contribution in [0.2, 0.25) is 0 Å². The van der Waals surface area contributed by atoms with Crippen LogP contribution in [0.1, 0.15) is 0 Å². The molecule has 0 saturated carbocycles. The molecule has 0 saturated heterocycles. The molecular formula is C2H2F4O7S2. The van der Waals surface area contributed by atoms with Crippen LogP contribution in [0, 0.1) is 0 Å². The highest BCUT2D eigenvalue weighted by atomic mass is 32.3. The molecule has 0 aliphatic rings. The second kappa shape index (κ2) is 3.51. The Morgan fingerprint density at radius 2 is 1.27 bits per heavy atom. The molecule has 0 radical (unpaired) electrons. The molecule has 0 aliphatic carbocycles. The third-order valence-electron chi connectivity index (χ3n) is 0.883. The Bertz CT molecular complexity index is 432. The number of alkyl halides is 4. The van der Waals surface area contributed by atoms with E-state index in [9.17, 15) is 34.4 Å². The fourth-order valence-electron chi connectivity index (χ4n) is 0.372. The molecule has 0 amide bonds. The zero-order valence-corrected chi connectivity index (χ0v) is 7.90. The van der Waals surface area contributed by atoms with E-state index >= 15 is 0 Å². The second-order valence-corrected chi connectivity index (χ2v) is 4.52. The van der Waals surface area contributed by atoms with Crippen LogP contribution in [-0.4, -0.2) is 37.3 Å². The maximum Gasteiger partial charge on any atom is 0.468 e. The summed E-state index contributed by atoms with van der Waals surface area (Å²) >= 11 is 0. The quantitative estimate of drug-likeness (QED) is 0.545. The van der Waals surface area contributed by atoms with Gasteiger partial charge in [0, 0.05) is 0 Å². The third kappa shape index (κ3) is 3.23. The monoisotopic (exact) mass is 278 g/mol. The van der Waals surface area contributed by atoms with E-state index in [0.29, 0.717) is 0 Å². The average molecular weight is 278 g/mol. The highest BCUT2D eigenvalue weighted by Crippen LogP contribution is 2.39. The first-order chi connectivity index (χ1) is 6.21. The molecule has 0 heterocycles. The predicted molar refractivity (Wildman–Crippen MR) is 34.1 cm³/mol. The molecule has 92 valence electrons. The third-order valence-corrected chi connectivity index (χ3v) is 2.41. The van der Waals surface area contributed by atoms with Gasteiger partial charge in [-0.1, -0.05) is 0 Å². The Kier molecular flexibility index (Phi) is 3.40. The molecule has 0 aromatic heterocycles. The Morgan fingerprint density at radius 3 is 1.33 bits per heavy atom. The molecule has 0 spiro atoms. The second-order valence-electron chi connectivity index (χ2n) is 2.02. The van der Waals surface area contributed by atoms with Gasteiger partial charge in [-0.25, -0.2) is 0 Å². The van der Waals surface area contributed by atoms with Crippen molar-refractivity contribution in [1.82, 2.24) is 0 Å². The molecule has 0 aromatic carbocycles. The van der Waals surface area contributed by atoms with Crippen molar-refractivity contribution in [3.05, 3.63) is 0 Å². The summed E-state index contributed by atoms with van der Waals surface area (Å²) in [6, 6.07) is 0. The molecule has 1 unspecified atom stereocenters. The van der Waals surface area contributed by atoms with Crippen LogP contribution < -0.4 is 0 Å². The molecule has 1 atom stereocenters. The summed E-state index contributed by atoms with van der Waals surface area (Å²) in [7, 11) is -12.7. The fraction of sp³-hybridized carbons (Fsp3) is 1.00. The Hall–Kier alpha value is -0.500. The van der Waals surface area contributed by atoms with Crippen LogP contribution in [-0.2, 0) is 24.7 Å². The van der Waals surface area contributed by atoms with Gasteiger partial charge in [-0.15, -0.1) is 0 Å². The van der Waals surface area contributed by atoms with Crippen molar-refractivity contribution in [2.45, 2.75) is 11.4 Å². The van der Waals surface area contributed by atoms with E-state index in [-0.39, 0.29) is 0 Å². The van der Waals surface area contributed by atoms with Crippen LogP contribution in [0.15, 0.2) is 0 Å². The van der Waals surface area contributed by atoms with Gasteiger partial charge >= 0.3 is 31.9 Å². The van der Waals surface area contributed by atoms with Gasteiger partial charge in [0.2, 0.25) is 0 Å². The van der Waals surface area contributed by atoms with Gasteiger partial charge in [0.25, 0.3) is 0 Å². The lowest BCUT2D eigenvalue weighted by Gasteiger charge is -2.21. The predicted octanol–water partition coefficient (Wildman–Crippen LogP) is -0.121. The van der Waals surface area contributed by atoms with Gasteiger partial charge in [-0.05, 0) is 0 Å². The first kappa shape index (κ1) is 14.5. The molecule has 0 rings (SSSR count). The summed E-state index contributed by atoms with van der Waals surface area (Å²) in [5, 5.41) is -5.95. The van der Waals surface area contributed by atoms with E-state index in [0.717, 1.165) is 0 Å². The highest BCUT2D eigenvalue weighted by molar-refractivity contribution is 7.88. The first-order valence-electron chi connectivity index (χ1n) is 2.61. The SMILES string of the molecule is O=S(=O)(O)OC(F)(C(F)(F)F)S(=O)(=O)O. The van der Waals surface area contributed by atoms with Gasteiger partial charge in [-0.2, -0.15) is 38.6 Å². The van der Waals surface area contributed by atoms with Crippen molar-refractivity contribution in [1.29, 1.82) is 0 Å². The van der Waals surface area contributed by atoms with Crippen molar-refractivity contribution >= 4 is 20.5 Å². The maximum atomic E-state index is 12.6. The zero-order chi connectivity index (χ0) is 12.7. The zero-order valence-electron chi connectivity index (χ0n) is 6.26. The Balaban J connectivity index is 5.67. The largest absolute Gasteiger partial charge is 0.468 e. The standard InChI is InChI=1S/C2H2F4O7S2/c3-1(4,5)2(6,14(7,8)9)13-15(10,11)12/h(H,7,8,9)(H,10,11,12). The number of rotatable bonds is 3. The summed E-state index contributed by atoms with van der Waals surface area (Å²) in [4.78, 5) is 0. The summed E-state index contributed by atoms with van der Waals surface area (Å²) in [6.45, 7) is 0. The van der Waals surface area contributed by atoms with Crippen molar-refractivity contribution in [3.8, 4) is 0 Å². The molecule has 0 bridgehead atoms. The van der Waals surface area contributed by atoms with Gasteiger partial charge in [-0.3, -0.25) is 9.11 Å². The van der Waals surface area contributed by atoms with E-state index < -0.39 is 31.9 Å². The highest BCUT2D eigenvalue weighted by Gasteiger charge is 2.70. The Morgan fingerprint density at radius 1 is 0.933 bits per heavy atom. The topological polar surface area (TPSA) is 118 Å². The van der Waals surface area contributed by atoms with Crippen molar-refractivity contribution in [2.75, 3.05) is 0 Å². The molecule has 0 aromatic rings. The minimum Gasteiger partial charge on any atom is -0.281 e. The van der Waals surface area contributed by atoms with Crippen LogP contribution in [0.25, 0.3) is 0 Å². The lowest BCUT2D eigenvalue weighted by atomic mass is 10.7. The number of hydrogen-bond acceptors (Lipinski definition) is 5. The van der Waals surface area contributed by atoms with E-state index in [2.05, 4.69) is 4.18 Å². The van der Waals surface area contributed by atoms with E-state index in [4.69, 9.17) is 9.11 Å². The van der Waals surface area contributed by atoms with Crippen LogP contribution >= 0.6 is 0 Å². The summed E-state index contributed by atoms with van der Waals surface area (Å²) in [5.74, 6) is 0. The summed E-state index contributed by atoms with van der Waals surface area (Å²) in [6.07, 6.45) is -6.42. The molecule has 13 heteroatoms. The van der Waals surface area contributed by atoms with E-state index in [1.165, 1.54) is 0 Å². The van der Waals surface area contributed by atoms with E-state index in [1.807, 2.05) is 0 Å². The molecule has 0 aliphatic heterocycles. The van der Waals surface area contributed by atoms with Crippen molar-refractivity contribution in [2.24, 2.45) is 0 Å². The van der Waals surface area contributed by atoms with Crippen molar-refractivity contribution in [3.63, 3.8) is 0 Å². The molecule has 0 fully saturated rings. The van der Waals surface area contributed by atoms with Crippen LogP contribution in [0.4, 0.5) is 17.6 Å². The van der Waals surface area contributed by atoms with Gasteiger partial charge in [0.05, 0.1) is 0 Å². The lowest BCUT2D eigenvalue weighted by Crippen LogP contribution is -2.51. The average Bonchev–Trinajstić information content (AvgIpc) is 1.77. The molecule has 2 N–H and O–H groups in total.